The van der Waals surface area contributed by atoms with Crippen molar-refractivity contribution in [2.24, 2.45) is 0 Å². The third-order valence-corrected chi connectivity index (χ3v) is 4.62. The Morgan fingerprint density at radius 2 is 1.83 bits per heavy atom. The molecule has 7 heteroatoms. The van der Waals surface area contributed by atoms with Crippen LogP contribution in [0.25, 0.3) is 11.1 Å². The fourth-order valence-electron chi connectivity index (χ4n) is 2.58. The number of carbonyl (C=O) groups excluding carboxylic acids is 1. The number of carbonyl (C=O) groups is 1. The Morgan fingerprint density at radius 3 is 2.46 bits per heavy atom. The summed E-state index contributed by atoms with van der Waals surface area (Å²) in [5.74, 6) is -1.30. The Labute approximate surface area is 144 Å². The van der Waals surface area contributed by atoms with Gasteiger partial charge in [0, 0.05) is 11.1 Å². The molecule has 0 spiro atoms. The minimum absolute atomic E-state index is 0.00793. The van der Waals surface area contributed by atoms with Crippen molar-refractivity contribution in [2.45, 2.75) is 5.75 Å². The van der Waals surface area contributed by atoms with Gasteiger partial charge >= 0.3 is 5.97 Å². The van der Waals surface area contributed by atoms with E-state index in [1.165, 1.54) is 18.2 Å². The van der Waals surface area contributed by atoms with Gasteiger partial charge < -0.3 is 4.74 Å². The minimum atomic E-state index is -2.52. The molecular formula is C17H12ClFO4S. The van der Waals surface area contributed by atoms with Crippen LogP contribution < -0.4 is 0 Å². The molecule has 1 heterocycles. The van der Waals surface area contributed by atoms with Gasteiger partial charge in [-0.15, -0.1) is 0 Å². The van der Waals surface area contributed by atoms with E-state index in [1.54, 1.807) is 24.3 Å². The van der Waals surface area contributed by atoms with E-state index in [4.69, 9.17) is 16.3 Å². The Bertz CT molecular complexity index is 888. The smallest absolute Gasteiger partial charge is 0.339 e. The minimum Gasteiger partial charge on any atom is -0.457 e. The van der Waals surface area contributed by atoms with E-state index in [9.17, 15) is 17.6 Å². The molecule has 0 fully saturated rings. The average Bonchev–Trinajstić information content (AvgIpc) is 2.89. The van der Waals surface area contributed by atoms with Gasteiger partial charge in [0.1, 0.15) is 23.1 Å². The molecule has 4 nitrogen and oxygen atoms in total. The predicted molar refractivity (Wildman–Crippen MR) is 89.6 cm³/mol. The first-order chi connectivity index (χ1) is 11.5. The van der Waals surface area contributed by atoms with Crippen molar-refractivity contribution in [1.82, 2.24) is 0 Å². The summed E-state index contributed by atoms with van der Waals surface area (Å²) in [6.45, 7) is 0.00793. The van der Waals surface area contributed by atoms with Crippen molar-refractivity contribution in [1.29, 1.82) is 0 Å². The normalized spacial score (nSPS) is 14.4. The first-order valence-electron chi connectivity index (χ1n) is 7.03. The summed E-state index contributed by atoms with van der Waals surface area (Å²) in [5, 5.41) is 0.126. The van der Waals surface area contributed by atoms with Gasteiger partial charge in [-0.2, -0.15) is 0 Å². The second kappa shape index (κ2) is 6.75. The van der Waals surface area contributed by atoms with Crippen LogP contribution in [-0.2, 0) is 26.0 Å². The molecule has 0 saturated carbocycles. The van der Waals surface area contributed by atoms with Gasteiger partial charge in [-0.3, -0.25) is 0 Å². The standard InChI is InChI=1S/C17H12ClFO4S/c18-13-2-1-3-14(19)16(13)15-12(8-23-17(15)20)11-6-4-10(5-7-11)9-24(21)22/h1-7,24H,8-9H2. The lowest BCUT2D eigenvalue weighted by Gasteiger charge is -2.08. The number of ether oxygens (including phenoxy) is 1. The first kappa shape index (κ1) is 16.7. The fraction of sp³-hybridized carbons (Fsp3) is 0.118. The van der Waals surface area contributed by atoms with Crippen molar-refractivity contribution in [3.63, 3.8) is 0 Å². The van der Waals surface area contributed by atoms with Crippen molar-refractivity contribution < 1.29 is 22.3 Å². The van der Waals surface area contributed by atoms with Crippen LogP contribution in [0.3, 0.4) is 0 Å². The summed E-state index contributed by atoms with van der Waals surface area (Å²) in [4.78, 5) is 12.1. The first-order valence-corrected chi connectivity index (χ1v) is 8.77. The number of hydrogen-bond donors (Lipinski definition) is 1. The number of thiol groups is 1. The van der Waals surface area contributed by atoms with Gasteiger partial charge in [-0.05, 0) is 23.3 Å². The van der Waals surface area contributed by atoms with E-state index >= 15 is 0 Å². The molecule has 24 heavy (non-hydrogen) atoms. The van der Waals surface area contributed by atoms with Gasteiger partial charge in [0.05, 0.1) is 16.3 Å². The van der Waals surface area contributed by atoms with E-state index in [2.05, 4.69) is 0 Å². The van der Waals surface area contributed by atoms with Crippen molar-refractivity contribution in [3.8, 4) is 0 Å². The maximum absolute atomic E-state index is 14.2. The molecule has 0 saturated heterocycles. The van der Waals surface area contributed by atoms with Crippen LogP contribution in [0.15, 0.2) is 42.5 Å². The maximum Gasteiger partial charge on any atom is 0.339 e. The quantitative estimate of drug-likeness (QED) is 0.667. The second-order valence-corrected chi connectivity index (χ2v) is 6.60. The Kier molecular flexibility index (Phi) is 4.69. The summed E-state index contributed by atoms with van der Waals surface area (Å²) >= 11 is 6.06. The van der Waals surface area contributed by atoms with Crippen molar-refractivity contribution in [2.75, 3.05) is 6.61 Å². The van der Waals surface area contributed by atoms with Crippen LogP contribution in [-0.4, -0.2) is 21.0 Å². The number of benzene rings is 2. The van der Waals surface area contributed by atoms with Gasteiger partial charge in [0.25, 0.3) is 0 Å². The number of hydrogen-bond acceptors (Lipinski definition) is 4. The number of rotatable bonds is 4. The lowest BCUT2D eigenvalue weighted by atomic mass is 9.96. The zero-order valence-corrected chi connectivity index (χ0v) is 13.9. The average molecular weight is 367 g/mol. The van der Waals surface area contributed by atoms with Gasteiger partial charge in [0.15, 0.2) is 0 Å². The molecule has 0 atom stereocenters. The van der Waals surface area contributed by atoms with Crippen molar-refractivity contribution in [3.05, 3.63) is 70.0 Å². The Balaban J connectivity index is 2.10. The van der Waals surface area contributed by atoms with Crippen LogP contribution in [0.5, 0.6) is 0 Å². The van der Waals surface area contributed by atoms with Crippen LogP contribution in [0.2, 0.25) is 5.02 Å². The summed E-state index contributed by atoms with van der Waals surface area (Å²) in [5.41, 5.74) is 1.92. The lowest BCUT2D eigenvalue weighted by Crippen LogP contribution is -2.01. The van der Waals surface area contributed by atoms with E-state index in [-0.39, 0.29) is 28.5 Å². The molecule has 124 valence electrons. The molecule has 0 aromatic heterocycles. The molecule has 1 aliphatic heterocycles. The largest absolute Gasteiger partial charge is 0.457 e. The highest BCUT2D eigenvalue weighted by molar-refractivity contribution is 7.71. The van der Waals surface area contributed by atoms with E-state index in [1.807, 2.05) is 0 Å². The van der Waals surface area contributed by atoms with Crippen LogP contribution in [0, 0.1) is 5.82 Å². The van der Waals surface area contributed by atoms with Crippen LogP contribution in [0.1, 0.15) is 16.7 Å². The SMILES string of the molecule is O=C1OCC(c2ccc(C[SH](=O)=O)cc2)=C1c1c(F)cccc1Cl. The predicted octanol–water partition coefficient (Wildman–Crippen LogP) is 3.06. The van der Waals surface area contributed by atoms with Crippen LogP contribution >= 0.6 is 11.6 Å². The molecule has 2 aromatic rings. The van der Waals surface area contributed by atoms with Gasteiger partial charge in [-0.25, -0.2) is 17.6 Å². The maximum atomic E-state index is 14.2. The third kappa shape index (κ3) is 3.20. The molecule has 3 rings (SSSR count). The molecule has 0 aliphatic carbocycles. The van der Waals surface area contributed by atoms with Gasteiger partial charge in [0.2, 0.25) is 0 Å². The molecule has 0 unspecified atom stereocenters. The zero-order chi connectivity index (χ0) is 17.3. The summed E-state index contributed by atoms with van der Waals surface area (Å²) < 4.78 is 40.8. The van der Waals surface area contributed by atoms with Gasteiger partial charge in [-0.1, -0.05) is 41.9 Å². The number of esters is 1. The highest BCUT2D eigenvalue weighted by Gasteiger charge is 2.30. The Morgan fingerprint density at radius 1 is 1.12 bits per heavy atom. The number of halogens is 2. The summed E-state index contributed by atoms with van der Waals surface area (Å²) in [7, 11) is -2.52. The highest BCUT2D eigenvalue weighted by Crippen LogP contribution is 2.37. The number of cyclic esters (lactones) is 1. The molecule has 1 aliphatic rings. The van der Waals surface area contributed by atoms with E-state index in [0.29, 0.717) is 16.7 Å². The van der Waals surface area contributed by atoms with E-state index < -0.39 is 22.5 Å². The van der Waals surface area contributed by atoms with Crippen LogP contribution in [0.4, 0.5) is 4.39 Å². The zero-order valence-electron chi connectivity index (χ0n) is 12.3. The lowest BCUT2D eigenvalue weighted by molar-refractivity contribution is -0.133. The monoisotopic (exact) mass is 366 g/mol. The third-order valence-electron chi connectivity index (χ3n) is 3.68. The van der Waals surface area contributed by atoms with Crippen molar-refractivity contribution >= 4 is 39.4 Å². The molecule has 0 radical (unpaired) electrons. The second-order valence-electron chi connectivity index (χ2n) is 5.21. The molecule has 0 bridgehead atoms. The molecule has 0 amide bonds. The summed E-state index contributed by atoms with van der Waals surface area (Å²) in [6.07, 6.45) is 0. The fourth-order valence-corrected chi connectivity index (χ4v) is 3.35. The molecular weight excluding hydrogens is 355 g/mol. The Hall–Kier alpha value is -2.18. The topological polar surface area (TPSA) is 60.4 Å². The van der Waals surface area contributed by atoms with E-state index in [0.717, 1.165) is 0 Å². The summed E-state index contributed by atoms with van der Waals surface area (Å²) in [6, 6.07) is 10.9. The molecule has 0 N–H and O–H groups in total. The highest BCUT2D eigenvalue weighted by atomic mass is 35.5. The molecule has 2 aromatic carbocycles.